The van der Waals surface area contributed by atoms with Crippen molar-refractivity contribution in [3.8, 4) is 0 Å². The summed E-state index contributed by atoms with van der Waals surface area (Å²) in [5, 5.41) is 6.20. The normalized spacial score (nSPS) is 22.5. The Morgan fingerprint density at radius 3 is 2.30 bits per heavy atom. The van der Waals surface area contributed by atoms with Crippen molar-refractivity contribution in [2.45, 2.75) is 76.8 Å². The fourth-order valence-electron chi connectivity index (χ4n) is 3.39. The number of nitrogens with one attached hydrogen (secondary N) is 2. The van der Waals surface area contributed by atoms with E-state index >= 15 is 0 Å². The molecule has 0 atom stereocenters. The lowest BCUT2D eigenvalue weighted by Gasteiger charge is -2.41. The molecule has 0 radical (unpaired) electrons. The SMILES string of the molecule is CC(C)(CNC(=O)NC1CCCCC1)N1CCCCC1. The lowest BCUT2D eigenvalue weighted by atomic mass is 9.96. The van der Waals surface area contributed by atoms with E-state index in [9.17, 15) is 4.79 Å². The fourth-order valence-corrected chi connectivity index (χ4v) is 3.39. The molecule has 0 aromatic carbocycles. The molecule has 0 unspecified atom stereocenters. The predicted molar refractivity (Wildman–Crippen MR) is 82.9 cm³/mol. The van der Waals surface area contributed by atoms with Crippen molar-refractivity contribution in [1.29, 1.82) is 0 Å². The van der Waals surface area contributed by atoms with E-state index in [-0.39, 0.29) is 11.6 Å². The Hall–Kier alpha value is -0.770. The first-order chi connectivity index (χ1) is 9.58. The van der Waals surface area contributed by atoms with Gasteiger partial charge in [-0.25, -0.2) is 4.79 Å². The lowest BCUT2D eigenvalue weighted by Crippen LogP contribution is -2.55. The lowest BCUT2D eigenvalue weighted by molar-refractivity contribution is 0.0958. The molecule has 0 bridgehead atoms. The van der Waals surface area contributed by atoms with Gasteiger partial charge in [-0.15, -0.1) is 0 Å². The van der Waals surface area contributed by atoms with Crippen molar-refractivity contribution in [3.05, 3.63) is 0 Å². The third-order valence-corrected chi connectivity index (χ3v) is 4.83. The first-order valence-electron chi connectivity index (χ1n) is 8.37. The van der Waals surface area contributed by atoms with E-state index in [4.69, 9.17) is 0 Å². The van der Waals surface area contributed by atoms with Gasteiger partial charge in [-0.2, -0.15) is 0 Å². The maximum absolute atomic E-state index is 12.0. The summed E-state index contributed by atoms with van der Waals surface area (Å²) in [4.78, 5) is 14.5. The highest BCUT2D eigenvalue weighted by molar-refractivity contribution is 5.74. The molecule has 116 valence electrons. The number of piperidine rings is 1. The minimum Gasteiger partial charge on any atom is -0.336 e. The topological polar surface area (TPSA) is 44.4 Å². The molecule has 2 amide bonds. The minimum atomic E-state index is 0.0157. The van der Waals surface area contributed by atoms with Crippen LogP contribution < -0.4 is 10.6 Å². The molecule has 4 heteroatoms. The number of hydrogen-bond acceptors (Lipinski definition) is 2. The van der Waals surface area contributed by atoms with E-state index < -0.39 is 0 Å². The van der Waals surface area contributed by atoms with Crippen molar-refractivity contribution < 1.29 is 4.79 Å². The van der Waals surface area contributed by atoms with Crippen LogP contribution in [-0.2, 0) is 0 Å². The summed E-state index contributed by atoms with van der Waals surface area (Å²) < 4.78 is 0. The van der Waals surface area contributed by atoms with Crippen molar-refractivity contribution in [2.24, 2.45) is 0 Å². The second kappa shape index (κ2) is 7.30. The summed E-state index contributed by atoms with van der Waals surface area (Å²) in [6.07, 6.45) is 10.0. The Morgan fingerprint density at radius 2 is 1.65 bits per heavy atom. The van der Waals surface area contributed by atoms with Gasteiger partial charge in [-0.3, -0.25) is 4.90 Å². The van der Waals surface area contributed by atoms with Gasteiger partial charge in [0, 0.05) is 18.1 Å². The molecule has 1 aliphatic heterocycles. The van der Waals surface area contributed by atoms with Gasteiger partial charge < -0.3 is 10.6 Å². The van der Waals surface area contributed by atoms with Crippen LogP contribution in [0.1, 0.15) is 65.2 Å². The number of urea groups is 1. The Kier molecular flexibility index (Phi) is 5.70. The van der Waals surface area contributed by atoms with E-state index in [1.165, 1.54) is 51.6 Å². The van der Waals surface area contributed by atoms with Crippen molar-refractivity contribution in [2.75, 3.05) is 19.6 Å². The third-order valence-electron chi connectivity index (χ3n) is 4.83. The first-order valence-corrected chi connectivity index (χ1v) is 8.37. The molecular formula is C16H31N3O. The van der Waals surface area contributed by atoms with Crippen LogP contribution in [-0.4, -0.2) is 42.1 Å². The van der Waals surface area contributed by atoms with Crippen LogP contribution in [0.2, 0.25) is 0 Å². The molecule has 2 rings (SSSR count). The van der Waals surface area contributed by atoms with E-state index in [1.54, 1.807) is 0 Å². The average Bonchev–Trinajstić information content (AvgIpc) is 2.47. The van der Waals surface area contributed by atoms with Gasteiger partial charge in [0.2, 0.25) is 0 Å². The number of carbonyl (C=O) groups is 1. The summed E-state index contributed by atoms with van der Waals surface area (Å²) in [7, 11) is 0. The van der Waals surface area contributed by atoms with Gasteiger partial charge in [-0.1, -0.05) is 25.7 Å². The fraction of sp³-hybridized carbons (Fsp3) is 0.938. The zero-order chi connectivity index (χ0) is 14.4. The van der Waals surface area contributed by atoms with Crippen LogP contribution >= 0.6 is 0 Å². The van der Waals surface area contributed by atoms with Gasteiger partial charge in [0.1, 0.15) is 0 Å². The molecule has 4 nitrogen and oxygen atoms in total. The van der Waals surface area contributed by atoms with E-state index in [2.05, 4.69) is 29.4 Å². The smallest absolute Gasteiger partial charge is 0.315 e. The number of likely N-dealkylation sites (tertiary alicyclic amines) is 1. The van der Waals surface area contributed by atoms with E-state index in [0.717, 1.165) is 19.4 Å². The summed E-state index contributed by atoms with van der Waals surface area (Å²) in [5.41, 5.74) is 0.0598. The quantitative estimate of drug-likeness (QED) is 0.832. The van der Waals surface area contributed by atoms with Crippen molar-refractivity contribution in [3.63, 3.8) is 0 Å². The standard InChI is InChI=1S/C16H31N3O/c1-16(2,19-11-7-4-8-12-19)13-17-15(20)18-14-9-5-3-6-10-14/h14H,3-13H2,1-2H3,(H2,17,18,20). The molecular weight excluding hydrogens is 250 g/mol. The Morgan fingerprint density at radius 1 is 1.05 bits per heavy atom. The molecule has 2 aliphatic rings. The monoisotopic (exact) mass is 281 g/mol. The molecule has 2 N–H and O–H groups in total. The summed E-state index contributed by atoms with van der Waals surface area (Å²) >= 11 is 0. The molecule has 2 fully saturated rings. The number of hydrogen-bond donors (Lipinski definition) is 2. The number of carbonyl (C=O) groups excluding carboxylic acids is 1. The molecule has 1 saturated carbocycles. The highest BCUT2D eigenvalue weighted by atomic mass is 16.2. The third kappa shape index (κ3) is 4.65. The summed E-state index contributed by atoms with van der Waals surface area (Å²) in [6.45, 7) is 7.53. The Bertz CT molecular complexity index is 305. The second-order valence-electron chi connectivity index (χ2n) is 7.02. The van der Waals surface area contributed by atoms with Crippen LogP contribution in [0.3, 0.4) is 0 Å². The molecule has 20 heavy (non-hydrogen) atoms. The summed E-state index contributed by atoms with van der Waals surface area (Å²) in [6, 6.07) is 0.406. The van der Waals surface area contributed by atoms with Gasteiger partial charge in [0.05, 0.1) is 0 Å². The van der Waals surface area contributed by atoms with Crippen molar-refractivity contribution >= 4 is 6.03 Å². The van der Waals surface area contributed by atoms with E-state index in [0.29, 0.717) is 6.04 Å². The van der Waals surface area contributed by atoms with Gasteiger partial charge in [0.15, 0.2) is 0 Å². The molecule has 0 spiro atoms. The van der Waals surface area contributed by atoms with E-state index in [1.807, 2.05) is 0 Å². The number of amides is 2. The molecule has 1 aliphatic carbocycles. The minimum absolute atomic E-state index is 0.0157. The molecule has 1 heterocycles. The largest absolute Gasteiger partial charge is 0.336 e. The Balaban J connectivity index is 1.70. The highest BCUT2D eigenvalue weighted by Crippen LogP contribution is 2.20. The summed E-state index contributed by atoms with van der Waals surface area (Å²) in [5.74, 6) is 0. The highest BCUT2D eigenvalue weighted by Gasteiger charge is 2.28. The number of nitrogens with zero attached hydrogens (tertiary/aromatic N) is 1. The van der Waals surface area contributed by atoms with Crippen LogP contribution in [0.15, 0.2) is 0 Å². The van der Waals surface area contributed by atoms with Crippen LogP contribution in [0.25, 0.3) is 0 Å². The van der Waals surface area contributed by atoms with Crippen molar-refractivity contribution in [1.82, 2.24) is 15.5 Å². The molecule has 0 aromatic rings. The molecule has 1 saturated heterocycles. The maximum atomic E-state index is 12.0. The predicted octanol–water partition coefficient (Wildman–Crippen LogP) is 2.88. The molecule has 0 aromatic heterocycles. The first kappa shape index (κ1) is 15.6. The Labute approximate surface area is 123 Å². The maximum Gasteiger partial charge on any atom is 0.315 e. The average molecular weight is 281 g/mol. The van der Waals surface area contributed by atoms with Crippen LogP contribution in [0, 0.1) is 0 Å². The van der Waals surface area contributed by atoms with Gasteiger partial charge in [0.25, 0.3) is 0 Å². The second-order valence-corrected chi connectivity index (χ2v) is 7.02. The van der Waals surface area contributed by atoms with Gasteiger partial charge in [-0.05, 0) is 52.6 Å². The number of rotatable bonds is 4. The van der Waals surface area contributed by atoms with Crippen LogP contribution in [0.5, 0.6) is 0 Å². The van der Waals surface area contributed by atoms with Crippen LogP contribution in [0.4, 0.5) is 4.79 Å². The van der Waals surface area contributed by atoms with Gasteiger partial charge >= 0.3 is 6.03 Å². The zero-order valence-corrected chi connectivity index (χ0v) is 13.2. The zero-order valence-electron chi connectivity index (χ0n) is 13.2.